The Morgan fingerprint density at radius 1 is 1.00 bits per heavy atom. The van der Waals surface area contributed by atoms with Crippen LogP contribution in [0.4, 0.5) is 26.3 Å². The lowest BCUT2D eigenvalue weighted by molar-refractivity contribution is -0.361. The Morgan fingerprint density at radius 2 is 1.49 bits per heavy atom. The van der Waals surface area contributed by atoms with Gasteiger partial charge in [-0.2, -0.15) is 34.8 Å². The van der Waals surface area contributed by atoms with E-state index in [1.165, 1.54) is 0 Å². The normalized spacial score (nSPS) is 17.9. The lowest BCUT2D eigenvalue weighted by Gasteiger charge is -2.35. The molecule has 0 saturated carbocycles. The van der Waals surface area contributed by atoms with Crippen molar-refractivity contribution in [1.82, 2.24) is 4.90 Å². The van der Waals surface area contributed by atoms with E-state index in [1.54, 1.807) is 20.8 Å². The van der Waals surface area contributed by atoms with Crippen molar-refractivity contribution < 1.29 is 68.0 Å². The molecule has 0 radical (unpaired) electrons. The minimum Gasteiger partial charge on any atom is -0.465 e. The maximum Gasteiger partial charge on any atom is 0.438 e. The molecule has 2 amide bonds. The number of esters is 2. The molecular formula is C18H23F6NO9S. The first-order valence-corrected chi connectivity index (χ1v) is 11.4. The van der Waals surface area contributed by atoms with E-state index >= 15 is 0 Å². The van der Waals surface area contributed by atoms with Crippen LogP contribution >= 0.6 is 0 Å². The molecule has 0 spiro atoms. The van der Waals surface area contributed by atoms with Crippen molar-refractivity contribution in [3.05, 3.63) is 0 Å². The quantitative estimate of drug-likeness (QED) is 0.276. The summed E-state index contributed by atoms with van der Waals surface area (Å²) in [6, 6.07) is 0. The number of alkyl halides is 6. The van der Waals surface area contributed by atoms with Gasteiger partial charge in [0.1, 0.15) is 5.75 Å². The number of likely N-dealkylation sites (tertiary alicyclic amines) is 1. The highest BCUT2D eigenvalue weighted by molar-refractivity contribution is 7.85. The summed E-state index contributed by atoms with van der Waals surface area (Å²) in [5, 5.41) is 0. The van der Waals surface area contributed by atoms with Gasteiger partial charge >= 0.3 is 29.9 Å². The molecule has 1 aliphatic rings. The highest BCUT2D eigenvalue weighted by Crippen LogP contribution is 2.47. The van der Waals surface area contributed by atoms with Crippen LogP contribution in [0.25, 0.3) is 0 Å². The molecule has 1 aliphatic heterocycles. The number of halogens is 6. The van der Waals surface area contributed by atoms with Crippen LogP contribution in [0.3, 0.4) is 0 Å². The van der Waals surface area contributed by atoms with E-state index in [4.69, 9.17) is 9.29 Å². The molecule has 0 aromatic carbocycles. The number of hydrogen-bond acceptors (Lipinski definition) is 8. The lowest BCUT2D eigenvalue weighted by Crippen LogP contribution is -2.63. The third kappa shape index (κ3) is 8.05. The molecule has 1 rings (SSSR count). The number of carbonyl (C=O) groups excluding carboxylic acids is 4. The van der Waals surface area contributed by atoms with E-state index in [9.17, 15) is 53.9 Å². The third-order valence-electron chi connectivity index (χ3n) is 4.69. The second-order valence-corrected chi connectivity index (χ2v) is 10.3. The highest BCUT2D eigenvalue weighted by atomic mass is 32.2. The molecule has 0 aromatic rings. The predicted molar refractivity (Wildman–Crippen MR) is 102 cm³/mol. The van der Waals surface area contributed by atoms with Gasteiger partial charge in [0.2, 0.25) is 11.8 Å². The molecule has 0 aliphatic carbocycles. The van der Waals surface area contributed by atoms with E-state index in [0.29, 0.717) is 0 Å². The van der Waals surface area contributed by atoms with Crippen LogP contribution in [-0.2, 0) is 38.8 Å². The maximum absolute atomic E-state index is 13.1. The summed E-state index contributed by atoms with van der Waals surface area (Å²) in [4.78, 5) is 48.6. The molecule has 1 fully saturated rings. The summed E-state index contributed by atoms with van der Waals surface area (Å²) in [6.45, 7) is 4.23. The Labute approximate surface area is 195 Å². The van der Waals surface area contributed by atoms with Crippen molar-refractivity contribution in [2.24, 2.45) is 11.3 Å². The molecule has 35 heavy (non-hydrogen) atoms. The Hall–Kier alpha value is -2.43. The maximum atomic E-state index is 13.1. The summed E-state index contributed by atoms with van der Waals surface area (Å²) in [6.07, 6.45) is -15.5. The first kappa shape index (κ1) is 30.6. The number of rotatable bonds is 8. The summed E-state index contributed by atoms with van der Waals surface area (Å²) in [7, 11) is -5.93. The molecule has 10 nitrogen and oxygen atoms in total. The molecule has 1 heterocycles. The van der Waals surface area contributed by atoms with Crippen molar-refractivity contribution >= 4 is 33.9 Å². The fourth-order valence-electron chi connectivity index (χ4n) is 2.95. The minimum absolute atomic E-state index is 0.0838. The molecule has 1 N–H and O–H groups in total. The molecule has 0 aromatic heterocycles. The monoisotopic (exact) mass is 543 g/mol. The van der Waals surface area contributed by atoms with Crippen molar-refractivity contribution in [2.75, 3.05) is 18.9 Å². The minimum atomic E-state index is -6.48. The predicted octanol–water partition coefficient (Wildman–Crippen LogP) is 2.03. The molecule has 1 atom stereocenters. The number of nitrogens with zero attached hydrogens (tertiary/aromatic N) is 1. The fraction of sp³-hybridized carbons (Fsp3) is 0.778. The summed E-state index contributed by atoms with van der Waals surface area (Å²) in [5.74, 6) is -8.14. The number of imide groups is 1. The fourth-order valence-corrected chi connectivity index (χ4v) is 3.85. The second-order valence-electron chi connectivity index (χ2n) is 8.84. The van der Waals surface area contributed by atoms with Gasteiger partial charge in [-0.25, -0.2) is 0 Å². The van der Waals surface area contributed by atoms with Gasteiger partial charge < -0.3 is 9.47 Å². The van der Waals surface area contributed by atoms with Crippen molar-refractivity contribution in [1.29, 1.82) is 0 Å². The first-order valence-electron chi connectivity index (χ1n) is 9.81. The highest BCUT2D eigenvalue weighted by Gasteiger charge is 2.75. The van der Waals surface area contributed by atoms with Crippen molar-refractivity contribution in [3.63, 3.8) is 0 Å². The van der Waals surface area contributed by atoms with Crippen LogP contribution in [0.2, 0.25) is 0 Å². The van der Waals surface area contributed by atoms with E-state index in [2.05, 4.69) is 4.74 Å². The Balaban J connectivity index is 2.74. The van der Waals surface area contributed by atoms with E-state index < -0.39 is 88.4 Å². The van der Waals surface area contributed by atoms with Gasteiger partial charge in [0.15, 0.2) is 0 Å². The molecule has 202 valence electrons. The standard InChI is InChI=1S/C18H23F6NO9S/c1-15(2,3)14(29)25-7-10(6-11(25)26)8-33-12(27)4-5-13(28)34-16(17(19,20)21,18(22,23)24)9-35(30,31)32/h10H,4-9H2,1-3H3,(H,30,31,32). The molecule has 0 bridgehead atoms. The Morgan fingerprint density at radius 3 is 1.91 bits per heavy atom. The van der Waals surface area contributed by atoms with Gasteiger partial charge in [0, 0.05) is 24.3 Å². The van der Waals surface area contributed by atoms with Gasteiger partial charge in [-0.05, 0) is 0 Å². The largest absolute Gasteiger partial charge is 0.465 e. The average molecular weight is 543 g/mol. The van der Waals surface area contributed by atoms with Gasteiger partial charge in [-0.15, -0.1) is 0 Å². The number of carbonyl (C=O) groups is 4. The van der Waals surface area contributed by atoms with Gasteiger partial charge in [0.25, 0.3) is 10.1 Å². The number of ether oxygens (including phenoxy) is 2. The lowest BCUT2D eigenvalue weighted by atomic mass is 9.95. The van der Waals surface area contributed by atoms with Crippen molar-refractivity contribution in [3.8, 4) is 0 Å². The van der Waals surface area contributed by atoms with Gasteiger partial charge in [-0.3, -0.25) is 28.6 Å². The zero-order valence-corrected chi connectivity index (χ0v) is 19.5. The second kappa shape index (κ2) is 10.3. The van der Waals surface area contributed by atoms with Gasteiger partial charge in [-0.1, -0.05) is 20.8 Å². The molecule has 1 saturated heterocycles. The van der Waals surface area contributed by atoms with Crippen LogP contribution in [0, 0.1) is 11.3 Å². The third-order valence-corrected chi connectivity index (χ3v) is 5.47. The van der Waals surface area contributed by atoms with Crippen LogP contribution in [0.15, 0.2) is 0 Å². The Bertz CT molecular complexity index is 939. The summed E-state index contributed by atoms with van der Waals surface area (Å²) >= 11 is 0. The summed E-state index contributed by atoms with van der Waals surface area (Å²) in [5.41, 5.74) is -6.43. The zero-order valence-electron chi connectivity index (χ0n) is 18.7. The zero-order chi connectivity index (χ0) is 27.6. The Kier molecular flexibility index (Phi) is 8.99. The van der Waals surface area contributed by atoms with Crippen LogP contribution in [0.1, 0.15) is 40.0 Å². The van der Waals surface area contributed by atoms with E-state index in [0.717, 1.165) is 4.90 Å². The SMILES string of the molecule is CC(C)(C)C(=O)N1CC(COC(=O)CCC(=O)OC(CS(=O)(=O)O)(C(F)(F)F)C(F)(F)F)CC1=O. The van der Waals surface area contributed by atoms with Crippen LogP contribution in [0.5, 0.6) is 0 Å². The first-order chi connectivity index (χ1) is 15.5. The smallest absolute Gasteiger partial charge is 0.438 e. The topological polar surface area (TPSA) is 144 Å². The van der Waals surface area contributed by atoms with E-state index in [-0.39, 0.29) is 13.0 Å². The summed E-state index contributed by atoms with van der Waals surface area (Å²) < 4.78 is 117. The molecular weight excluding hydrogens is 520 g/mol. The number of hydrogen-bond donors (Lipinski definition) is 1. The van der Waals surface area contributed by atoms with Crippen LogP contribution in [-0.4, -0.2) is 78.5 Å². The average Bonchev–Trinajstić information content (AvgIpc) is 3.00. The molecule has 17 heteroatoms. The number of amides is 2. The van der Waals surface area contributed by atoms with E-state index in [1.807, 2.05) is 0 Å². The molecule has 1 unspecified atom stereocenters. The van der Waals surface area contributed by atoms with Gasteiger partial charge in [0.05, 0.1) is 19.4 Å². The van der Waals surface area contributed by atoms with Crippen LogP contribution < -0.4 is 0 Å². The van der Waals surface area contributed by atoms with Crippen molar-refractivity contribution in [2.45, 2.75) is 58.0 Å².